The van der Waals surface area contributed by atoms with Crippen LogP contribution in [0.15, 0.2) is 109 Å². The number of hydrogen-bond acceptors (Lipinski definition) is 8. The molecule has 0 saturated carbocycles. The summed E-state index contributed by atoms with van der Waals surface area (Å²) in [6.07, 6.45) is 0. The molecule has 0 aliphatic carbocycles. The summed E-state index contributed by atoms with van der Waals surface area (Å²) in [6, 6.07) is 31.1. The minimum absolute atomic E-state index is 0.00309. The molecule has 7 rings (SSSR count). The van der Waals surface area contributed by atoms with Crippen molar-refractivity contribution < 1.29 is 9.85 Å². The van der Waals surface area contributed by atoms with Crippen LogP contribution in [0.1, 0.15) is 0 Å². The number of H-pyrrole nitrogens is 2. The molecule has 0 aliphatic rings. The predicted molar refractivity (Wildman–Crippen MR) is 202 cm³/mol. The molecule has 0 spiro atoms. The Balaban J connectivity index is 1.07. The Labute approximate surface area is 293 Å². The summed E-state index contributed by atoms with van der Waals surface area (Å²) in [5, 5.41) is 34.8. The number of nitrogens with one attached hydrogen (secondary N) is 6. The first-order chi connectivity index (χ1) is 24.2. The molecule has 6 N–H and O–H groups in total. The Morgan fingerprint density at radius 3 is 1.28 bits per heavy atom. The summed E-state index contributed by atoms with van der Waals surface area (Å²) in [5.41, 5.74) is 7.47. The average molecular weight is 701 g/mol. The summed E-state index contributed by atoms with van der Waals surface area (Å²) < 4.78 is 0. The van der Waals surface area contributed by atoms with Crippen LogP contribution < -0.4 is 21.3 Å². The van der Waals surface area contributed by atoms with Crippen molar-refractivity contribution >= 4 is 90.9 Å². The minimum Gasteiger partial charge on any atom is -0.338 e. The van der Waals surface area contributed by atoms with Gasteiger partial charge in [0.15, 0.2) is 10.2 Å². The van der Waals surface area contributed by atoms with Gasteiger partial charge in [0, 0.05) is 58.1 Å². The molecule has 2 aromatic heterocycles. The average Bonchev–Trinajstić information content (AvgIpc) is 3.72. The van der Waals surface area contributed by atoms with Gasteiger partial charge in [-0.05, 0) is 85.1 Å². The number of aromatic amines is 2. The molecule has 0 bridgehead atoms. The molecule has 0 saturated heterocycles. The third-order valence-corrected chi connectivity index (χ3v) is 8.00. The van der Waals surface area contributed by atoms with E-state index in [1.54, 1.807) is 24.3 Å². The topological polar surface area (TPSA) is 192 Å². The van der Waals surface area contributed by atoms with E-state index in [1.165, 1.54) is 24.3 Å². The zero-order chi connectivity index (χ0) is 34.8. The first-order valence-electron chi connectivity index (χ1n) is 14.9. The first kappa shape index (κ1) is 31.8. The number of fused-ring (bicyclic) bond motifs is 2. The van der Waals surface area contributed by atoms with E-state index in [2.05, 4.69) is 31.2 Å². The summed E-state index contributed by atoms with van der Waals surface area (Å²) in [5.74, 6) is 1.31. The molecule has 16 heteroatoms. The zero-order valence-corrected chi connectivity index (χ0v) is 27.3. The van der Waals surface area contributed by atoms with Crippen LogP contribution in [0.2, 0.25) is 0 Å². The molecule has 5 aromatic carbocycles. The standard InChI is InChI=1S/C34H24N10O4S2/c45-43(46)23-11-5-19(6-12-23)35-33(49)37-21-9-15-27-29(17-21)41-31(39-27)25-3-1-2-4-26(25)32-40-28-16-10-22(18-30(28)42-32)38-34(50)36-20-7-13-24(14-8-20)44(47)48/h1-18H,(H,39,41)(H,40,42)(H2,35,37,49)(H2,36,38,50). The van der Waals surface area contributed by atoms with Gasteiger partial charge < -0.3 is 31.2 Å². The Morgan fingerprint density at radius 1 is 0.540 bits per heavy atom. The van der Waals surface area contributed by atoms with Crippen molar-refractivity contribution in [3.63, 3.8) is 0 Å². The SMILES string of the molecule is O=[N+]([O-])c1ccc(NC(=S)Nc2ccc3nc(-c4ccccc4-c4nc5ccc(NC(=S)Nc6ccc([N+](=O)[O-])cc6)cc5[nH]4)[nH]c3c2)cc1. The number of anilines is 4. The van der Waals surface area contributed by atoms with Crippen LogP contribution in [-0.4, -0.2) is 40.0 Å². The number of benzene rings is 5. The van der Waals surface area contributed by atoms with Gasteiger partial charge in [0.05, 0.1) is 31.9 Å². The van der Waals surface area contributed by atoms with Gasteiger partial charge in [0.25, 0.3) is 11.4 Å². The van der Waals surface area contributed by atoms with Gasteiger partial charge in [0.2, 0.25) is 0 Å². The molecule has 0 amide bonds. The summed E-state index contributed by atoms with van der Waals surface area (Å²) in [4.78, 5) is 37.4. The first-order valence-corrected chi connectivity index (χ1v) is 15.7. The van der Waals surface area contributed by atoms with Crippen molar-refractivity contribution in [2.24, 2.45) is 0 Å². The Kier molecular flexibility index (Phi) is 8.51. The number of imidazole rings is 2. The summed E-state index contributed by atoms with van der Waals surface area (Å²) >= 11 is 10.9. The van der Waals surface area contributed by atoms with Crippen LogP contribution in [-0.2, 0) is 0 Å². The van der Waals surface area contributed by atoms with E-state index in [0.29, 0.717) is 33.2 Å². The van der Waals surface area contributed by atoms with Crippen molar-refractivity contribution in [2.75, 3.05) is 21.3 Å². The molecular weight excluding hydrogens is 677 g/mol. The number of non-ortho nitro benzene ring substituents is 2. The third kappa shape index (κ3) is 6.91. The Hall–Kier alpha value is -6.78. The van der Waals surface area contributed by atoms with Gasteiger partial charge in [-0.3, -0.25) is 20.2 Å². The van der Waals surface area contributed by atoms with Crippen molar-refractivity contribution in [3.05, 3.63) is 129 Å². The second kappa shape index (κ2) is 13.4. The molecular formula is C34H24N10O4S2. The fourth-order valence-electron chi connectivity index (χ4n) is 5.25. The largest absolute Gasteiger partial charge is 0.338 e. The van der Waals surface area contributed by atoms with Crippen molar-refractivity contribution in [3.8, 4) is 22.8 Å². The smallest absolute Gasteiger partial charge is 0.269 e. The van der Waals surface area contributed by atoms with Gasteiger partial charge >= 0.3 is 0 Å². The van der Waals surface area contributed by atoms with E-state index in [4.69, 9.17) is 34.4 Å². The lowest BCUT2D eigenvalue weighted by atomic mass is 10.1. The fraction of sp³-hybridized carbons (Fsp3) is 0. The number of hydrogen-bond donors (Lipinski definition) is 6. The fourth-order valence-corrected chi connectivity index (χ4v) is 5.72. The molecule has 0 aliphatic heterocycles. The van der Waals surface area contributed by atoms with Gasteiger partial charge in [-0.1, -0.05) is 24.3 Å². The maximum atomic E-state index is 10.9. The maximum absolute atomic E-state index is 10.9. The van der Waals surface area contributed by atoms with Crippen molar-refractivity contribution in [2.45, 2.75) is 0 Å². The molecule has 2 heterocycles. The number of nitrogens with zero attached hydrogens (tertiary/aromatic N) is 4. The lowest BCUT2D eigenvalue weighted by Gasteiger charge is -2.10. The molecule has 0 atom stereocenters. The van der Waals surface area contributed by atoms with Crippen LogP contribution in [0.25, 0.3) is 44.8 Å². The van der Waals surface area contributed by atoms with Gasteiger partial charge in [-0.25, -0.2) is 9.97 Å². The molecule has 50 heavy (non-hydrogen) atoms. The van der Waals surface area contributed by atoms with E-state index in [-0.39, 0.29) is 11.4 Å². The van der Waals surface area contributed by atoms with E-state index in [1.807, 2.05) is 60.7 Å². The van der Waals surface area contributed by atoms with Crippen molar-refractivity contribution in [1.82, 2.24) is 19.9 Å². The van der Waals surface area contributed by atoms with Crippen LogP contribution in [0.4, 0.5) is 34.1 Å². The minimum atomic E-state index is -0.456. The third-order valence-electron chi connectivity index (χ3n) is 7.59. The lowest BCUT2D eigenvalue weighted by Crippen LogP contribution is -2.18. The zero-order valence-electron chi connectivity index (χ0n) is 25.6. The maximum Gasteiger partial charge on any atom is 0.269 e. The number of rotatable bonds is 8. The molecule has 0 fully saturated rings. The highest BCUT2D eigenvalue weighted by Gasteiger charge is 2.15. The highest BCUT2D eigenvalue weighted by Crippen LogP contribution is 2.32. The number of aromatic nitrogens is 4. The summed E-state index contributed by atoms with van der Waals surface area (Å²) in [7, 11) is 0. The van der Waals surface area contributed by atoms with E-state index < -0.39 is 9.85 Å². The monoisotopic (exact) mass is 700 g/mol. The van der Waals surface area contributed by atoms with E-state index in [0.717, 1.165) is 44.6 Å². The molecule has 246 valence electrons. The van der Waals surface area contributed by atoms with Crippen LogP contribution in [0, 0.1) is 20.2 Å². The molecule has 7 aromatic rings. The predicted octanol–water partition coefficient (Wildman–Crippen LogP) is 8.21. The Bertz CT molecular complexity index is 2270. The quantitative estimate of drug-likeness (QED) is 0.0506. The highest BCUT2D eigenvalue weighted by molar-refractivity contribution is 7.81. The second-order valence-electron chi connectivity index (χ2n) is 10.9. The normalized spacial score (nSPS) is 10.9. The van der Waals surface area contributed by atoms with Gasteiger partial charge in [0.1, 0.15) is 11.6 Å². The van der Waals surface area contributed by atoms with E-state index >= 15 is 0 Å². The van der Waals surface area contributed by atoms with E-state index in [9.17, 15) is 20.2 Å². The second-order valence-corrected chi connectivity index (χ2v) is 11.8. The molecule has 0 radical (unpaired) electrons. The van der Waals surface area contributed by atoms with Gasteiger partial charge in [-0.2, -0.15) is 0 Å². The van der Waals surface area contributed by atoms with Crippen LogP contribution in [0.5, 0.6) is 0 Å². The van der Waals surface area contributed by atoms with Crippen LogP contribution >= 0.6 is 24.4 Å². The number of nitro groups is 2. The lowest BCUT2D eigenvalue weighted by molar-refractivity contribution is -0.385. The highest BCUT2D eigenvalue weighted by atomic mass is 32.1. The number of nitro benzene ring substituents is 2. The number of thiocarbonyl (C=S) groups is 2. The van der Waals surface area contributed by atoms with Crippen molar-refractivity contribution in [1.29, 1.82) is 0 Å². The molecule has 14 nitrogen and oxygen atoms in total. The summed E-state index contributed by atoms with van der Waals surface area (Å²) in [6.45, 7) is 0. The molecule has 0 unspecified atom stereocenters. The Morgan fingerprint density at radius 2 is 0.900 bits per heavy atom. The van der Waals surface area contributed by atoms with Gasteiger partial charge in [-0.15, -0.1) is 0 Å². The van der Waals surface area contributed by atoms with Crippen LogP contribution in [0.3, 0.4) is 0 Å².